The Bertz CT molecular complexity index is 656. The number of carbonyl (C=O) groups is 2. The molecule has 0 saturated heterocycles. The number of ether oxygens (including phenoxy) is 1. The fraction of sp³-hybridized carbons (Fsp3) is 0.579. The maximum Gasteiger partial charge on any atom is 0.410 e. The van der Waals surface area contributed by atoms with Gasteiger partial charge in [-0.2, -0.15) is 0 Å². The van der Waals surface area contributed by atoms with Crippen LogP contribution < -0.4 is 5.32 Å². The predicted octanol–water partition coefficient (Wildman–Crippen LogP) is 3.08. The molecule has 1 aliphatic heterocycles. The first-order valence-electron chi connectivity index (χ1n) is 8.55. The van der Waals surface area contributed by atoms with E-state index in [1.807, 2.05) is 39.0 Å². The molecule has 0 unspecified atom stereocenters. The highest BCUT2D eigenvalue weighted by Crippen LogP contribution is 2.24. The van der Waals surface area contributed by atoms with Crippen LogP contribution in [0.2, 0.25) is 0 Å². The van der Waals surface area contributed by atoms with Gasteiger partial charge in [-0.3, -0.25) is 4.79 Å². The second-order valence-electron chi connectivity index (χ2n) is 8.17. The monoisotopic (exact) mass is 348 g/mol. The molecule has 1 aromatic carbocycles. The van der Waals surface area contributed by atoms with Gasteiger partial charge in [0.05, 0.1) is 12.0 Å². The lowest BCUT2D eigenvalue weighted by molar-refractivity contribution is -0.119. The minimum Gasteiger partial charge on any atom is -0.444 e. The summed E-state index contributed by atoms with van der Waals surface area (Å²) in [5.74, 6) is -0.223. The Morgan fingerprint density at radius 1 is 1.20 bits per heavy atom. The van der Waals surface area contributed by atoms with Gasteiger partial charge in [-0.15, -0.1) is 0 Å². The number of hydrogen-bond acceptors (Lipinski definition) is 4. The number of fused-ring (bicyclic) bond motifs is 1. The first-order valence-corrected chi connectivity index (χ1v) is 8.55. The molecule has 2 N–H and O–H groups in total. The van der Waals surface area contributed by atoms with Gasteiger partial charge in [0.25, 0.3) is 0 Å². The molecule has 1 heterocycles. The maximum absolute atomic E-state index is 12.2. The van der Waals surface area contributed by atoms with E-state index >= 15 is 0 Å². The molecule has 0 aromatic heterocycles. The standard InChI is InChI=1S/C19H28N2O4/c1-18(2,3)25-17(23)21-9-8-13-10-15(7-6-14(13)12-21)20-16(22)11-19(4,5)24/h6-7,10,24H,8-9,11-12H2,1-5H3,(H,20,22). The third-order valence-electron chi connectivity index (χ3n) is 3.75. The summed E-state index contributed by atoms with van der Waals surface area (Å²) < 4.78 is 5.42. The van der Waals surface area contributed by atoms with E-state index in [1.165, 1.54) is 0 Å². The number of nitrogens with zero attached hydrogens (tertiary/aromatic N) is 1. The average Bonchev–Trinajstić information content (AvgIpc) is 2.42. The second-order valence-corrected chi connectivity index (χ2v) is 8.17. The average molecular weight is 348 g/mol. The Hall–Kier alpha value is -2.08. The van der Waals surface area contributed by atoms with Crippen molar-refractivity contribution in [3.63, 3.8) is 0 Å². The summed E-state index contributed by atoms with van der Waals surface area (Å²) in [6.07, 6.45) is 0.445. The highest BCUT2D eigenvalue weighted by molar-refractivity contribution is 5.91. The van der Waals surface area contributed by atoms with Crippen LogP contribution >= 0.6 is 0 Å². The Morgan fingerprint density at radius 2 is 1.88 bits per heavy atom. The number of hydrogen-bond donors (Lipinski definition) is 2. The van der Waals surface area contributed by atoms with E-state index in [1.54, 1.807) is 18.7 Å². The number of benzene rings is 1. The van der Waals surface area contributed by atoms with E-state index in [2.05, 4.69) is 5.32 Å². The molecule has 2 rings (SSSR count). The summed E-state index contributed by atoms with van der Waals surface area (Å²) in [5, 5.41) is 12.5. The first kappa shape index (κ1) is 19.2. The lowest BCUT2D eigenvalue weighted by atomic mass is 9.99. The van der Waals surface area contributed by atoms with Crippen LogP contribution in [0.25, 0.3) is 0 Å². The van der Waals surface area contributed by atoms with Gasteiger partial charge in [-0.05, 0) is 64.3 Å². The van der Waals surface area contributed by atoms with Gasteiger partial charge in [0.15, 0.2) is 0 Å². The predicted molar refractivity (Wildman–Crippen MR) is 96.3 cm³/mol. The SMILES string of the molecule is CC(C)(O)CC(=O)Nc1ccc2c(c1)CCN(C(=O)OC(C)(C)C)C2. The van der Waals surface area contributed by atoms with Crippen molar-refractivity contribution in [3.8, 4) is 0 Å². The third kappa shape index (κ3) is 6.05. The number of amides is 2. The highest BCUT2D eigenvalue weighted by Gasteiger charge is 2.26. The van der Waals surface area contributed by atoms with Crippen LogP contribution in [0, 0.1) is 0 Å². The largest absolute Gasteiger partial charge is 0.444 e. The molecule has 0 saturated carbocycles. The minimum atomic E-state index is -1.04. The molecule has 0 fully saturated rings. The quantitative estimate of drug-likeness (QED) is 0.880. The van der Waals surface area contributed by atoms with Crippen molar-refractivity contribution in [1.29, 1.82) is 0 Å². The summed E-state index contributed by atoms with van der Waals surface area (Å²) >= 11 is 0. The summed E-state index contributed by atoms with van der Waals surface area (Å²) in [6.45, 7) is 9.85. The van der Waals surface area contributed by atoms with Gasteiger partial charge in [-0.25, -0.2) is 4.79 Å². The van der Waals surface area contributed by atoms with Crippen molar-refractivity contribution in [1.82, 2.24) is 4.90 Å². The molecule has 25 heavy (non-hydrogen) atoms. The summed E-state index contributed by atoms with van der Waals surface area (Å²) in [7, 11) is 0. The molecular formula is C19H28N2O4. The van der Waals surface area contributed by atoms with Crippen molar-refractivity contribution in [2.75, 3.05) is 11.9 Å². The molecule has 0 spiro atoms. The zero-order chi connectivity index (χ0) is 18.8. The Balaban J connectivity index is 2.01. The molecule has 6 nitrogen and oxygen atoms in total. The highest BCUT2D eigenvalue weighted by atomic mass is 16.6. The van der Waals surface area contributed by atoms with Crippen LogP contribution in [-0.2, 0) is 22.5 Å². The maximum atomic E-state index is 12.2. The van der Waals surface area contributed by atoms with Gasteiger partial charge in [0, 0.05) is 18.8 Å². The number of nitrogens with one attached hydrogen (secondary N) is 1. The van der Waals surface area contributed by atoms with Crippen molar-refractivity contribution >= 4 is 17.7 Å². The zero-order valence-corrected chi connectivity index (χ0v) is 15.7. The van der Waals surface area contributed by atoms with E-state index in [9.17, 15) is 14.7 Å². The molecule has 6 heteroatoms. The van der Waals surface area contributed by atoms with Crippen LogP contribution in [-0.4, -0.2) is 39.8 Å². The van der Waals surface area contributed by atoms with E-state index in [4.69, 9.17) is 4.74 Å². The van der Waals surface area contributed by atoms with Gasteiger partial charge in [0.1, 0.15) is 5.60 Å². The van der Waals surface area contributed by atoms with Crippen molar-refractivity contribution in [3.05, 3.63) is 29.3 Å². The molecule has 0 aliphatic carbocycles. The zero-order valence-electron chi connectivity index (χ0n) is 15.7. The van der Waals surface area contributed by atoms with E-state index in [0.717, 1.165) is 11.1 Å². The fourth-order valence-electron chi connectivity index (χ4n) is 2.71. The summed E-state index contributed by atoms with van der Waals surface area (Å²) in [6, 6.07) is 5.68. The fourth-order valence-corrected chi connectivity index (χ4v) is 2.71. The summed E-state index contributed by atoms with van der Waals surface area (Å²) in [4.78, 5) is 25.8. The van der Waals surface area contributed by atoms with Crippen molar-refractivity contribution < 1.29 is 19.4 Å². The van der Waals surface area contributed by atoms with Crippen LogP contribution in [0.15, 0.2) is 18.2 Å². The summed E-state index contributed by atoms with van der Waals surface area (Å²) in [5.41, 5.74) is 1.33. The van der Waals surface area contributed by atoms with E-state index < -0.39 is 11.2 Å². The van der Waals surface area contributed by atoms with Gasteiger partial charge in [-0.1, -0.05) is 6.07 Å². The molecule has 0 bridgehead atoms. The Morgan fingerprint density at radius 3 is 2.48 bits per heavy atom. The molecule has 1 aromatic rings. The molecule has 2 amide bonds. The Kier molecular flexibility index (Phi) is 5.42. The van der Waals surface area contributed by atoms with Gasteiger partial charge in [0.2, 0.25) is 5.91 Å². The van der Waals surface area contributed by atoms with Gasteiger partial charge >= 0.3 is 6.09 Å². The smallest absolute Gasteiger partial charge is 0.410 e. The Labute approximate surface area is 149 Å². The third-order valence-corrected chi connectivity index (χ3v) is 3.75. The topological polar surface area (TPSA) is 78.9 Å². The van der Waals surface area contributed by atoms with Crippen LogP contribution in [0.4, 0.5) is 10.5 Å². The van der Waals surface area contributed by atoms with Crippen molar-refractivity contribution in [2.45, 2.75) is 65.2 Å². The van der Waals surface area contributed by atoms with Crippen LogP contribution in [0.5, 0.6) is 0 Å². The number of carbonyl (C=O) groups excluding carboxylic acids is 2. The van der Waals surface area contributed by atoms with E-state index in [0.29, 0.717) is 25.2 Å². The van der Waals surface area contributed by atoms with Crippen LogP contribution in [0.1, 0.15) is 52.2 Å². The number of anilines is 1. The van der Waals surface area contributed by atoms with E-state index in [-0.39, 0.29) is 18.4 Å². The van der Waals surface area contributed by atoms with Crippen LogP contribution in [0.3, 0.4) is 0 Å². The molecule has 138 valence electrons. The van der Waals surface area contributed by atoms with Crippen molar-refractivity contribution in [2.24, 2.45) is 0 Å². The molecular weight excluding hydrogens is 320 g/mol. The number of rotatable bonds is 3. The molecule has 1 aliphatic rings. The lowest BCUT2D eigenvalue weighted by Crippen LogP contribution is -2.39. The molecule has 0 radical (unpaired) electrons. The van der Waals surface area contributed by atoms with Gasteiger partial charge < -0.3 is 20.1 Å². The lowest BCUT2D eigenvalue weighted by Gasteiger charge is -2.31. The second kappa shape index (κ2) is 7.04. The molecule has 0 atom stereocenters. The first-order chi connectivity index (χ1) is 11.4. The normalized spacial score (nSPS) is 14.7. The number of aliphatic hydroxyl groups is 1. The minimum absolute atomic E-state index is 0.0382.